The minimum absolute atomic E-state index is 0.122. The fraction of sp³-hybridized carbons (Fsp3) is 0.171. The molecule has 0 spiro atoms. The third-order valence-corrected chi connectivity index (χ3v) is 8.31. The molecule has 0 saturated heterocycles. The summed E-state index contributed by atoms with van der Waals surface area (Å²) in [6.45, 7) is 0. The van der Waals surface area contributed by atoms with Crippen molar-refractivity contribution in [3.8, 4) is 0 Å². The zero-order valence-electron chi connectivity index (χ0n) is 22.8. The molecule has 7 nitrogen and oxygen atoms in total. The number of hydrogen-bond donors (Lipinski definition) is 0. The number of hydrogen-bond acceptors (Lipinski definition) is 5. The SMILES string of the molecule is O=C(c1ccc(C2=CCC2Cc2ccccc2)c([N+](=O)[O-])c1)c1ccc(C2=CCC2Cc2ccccc2)c([N+](=O)[O-])c1. The topological polar surface area (TPSA) is 103 Å². The van der Waals surface area contributed by atoms with E-state index in [1.54, 1.807) is 24.3 Å². The van der Waals surface area contributed by atoms with Gasteiger partial charge in [-0.15, -0.1) is 0 Å². The summed E-state index contributed by atoms with van der Waals surface area (Å²) >= 11 is 0. The lowest BCUT2D eigenvalue weighted by Crippen LogP contribution is -2.16. The predicted octanol–water partition coefficient (Wildman–Crippen LogP) is 8.03. The van der Waals surface area contributed by atoms with E-state index in [2.05, 4.69) is 0 Å². The molecular weight excluding hydrogens is 528 g/mol. The molecule has 2 aliphatic rings. The van der Waals surface area contributed by atoms with Gasteiger partial charge in [0.15, 0.2) is 5.78 Å². The van der Waals surface area contributed by atoms with Crippen molar-refractivity contribution < 1.29 is 14.6 Å². The van der Waals surface area contributed by atoms with Crippen molar-refractivity contribution in [3.05, 3.63) is 163 Å². The molecule has 0 bridgehead atoms. The summed E-state index contributed by atoms with van der Waals surface area (Å²) in [6, 6.07) is 29.0. The van der Waals surface area contributed by atoms with Crippen LogP contribution in [0.4, 0.5) is 11.4 Å². The van der Waals surface area contributed by atoms with Crippen LogP contribution in [0.1, 0.15) is 51.0 Å². The van der Waals surface area contributed by atoms with Crippen LogP contribution in [0, 0.1) is 32.1 Å². The highest BCUT2D eigenvalue weighted by atomic mass is 16.6. The number of rotatable bonds is 10. The van der Waals surface area contributed by atoms with E-state index in [0.717, 1.165) is 48.0 Å². The molecule has 4 aromatic rings. The molecule has 0 fully saturated rings. The van der Waals surface area contributed by atoms with Gasteiger partial charge in [-0.1, -0.05) is 72.8 Å². The molecule has 7 heteroatoms. The maximum atomic E-state index is 13.5. The average molecular weight is 557 g/mol. The van der Waals surface area contributed by atoms with E-state index in [0.29, 0.717) is 11.1 Å². The standard InChI is InChI=1S/C35H28N2O5/c38-35(27-13-17-31(33(21-27)36(39)40)29-15-11-25(29)19-23-7-3-1-4-8-23)28-14-18-32(34(22-28)37(41)42)30-16-12-26(30)20-24-9-5-2-6-10-24/h1-10,13-18,21-22,25-26H,11-12,19-20H2. The molecule has 0 N–H and O–H groups in total. The lowest BCUT2D eigenvalue weighted by atomic mass is 9.76. The van der Waals surface area contributed by atoms with Gasteiger partial charge in [0.05, 0.1) is 21.0 Å². The second kappa shape index (κ2) is 11.4. The van der Waals surface area contributed by atoms with E-state index < -0.39 is 15.6 Å². The Hall–Kier alpha value is -5.17. The third kappa shape index (κ3) is 5.29. The molecule has 0 radical (unpaired) electrons. The van der Waals surface area contributed by atoms with E-state index in [1.807, 2.05) is 72.8 Å². The lowest BCUT2D eigenvalue weighted by molar-refractivity contribution is -0.385. The van der Waals surface area contributed by atoms with Gasteiger partial charge in [0.2, 0.25) is 0 Å². The van der Waals surface area contributed by atoms with Crippen molar-refractivity contribution in [1.82, 2.24) is 0 Å². The molecule has 0 aromatic heterocycles. The second-order valence-electron chi connectivity index (χ2n) is 10.9. The first-order valence-corrected chi connectivity index (χ1v) is 14.0. The van der Waals surface area contributed by atoms with Crippen LogP contribution in [-0.4, -0.2) is 15.6 Å². The van der Waals surface area contributed by atoms with Crippen LogP contribution in [0.3, 0.4) is 0 Å². The Labute approximate surface area is 243 Å². The largest absolute Gasteiger partial charge is 0.289 e. The fourth-order valence-electron chi connectivity index (χ4n) is 5.95. The first-order chi connectivity index (χ1) is 20.4. The molecule has 42 heavy (non-hydrogen) atoms. The molecule has 2 aliphatic carbocycles. The second-order valence-corrected chi connectivity index (χ2v) is 10.9. The molecular formula is C35H28N2O5. The number of carbonyl (C=O) groups is 1. The molecule has 0 aliphatic heterocycles. The van der Waals surface area contributed by atoms with Gasteiger partial charge in [0.25, 0.3) is 11.4 Å². The Morgan fingerprint density at radius 3 is 1.36 bits per heavy atom. The van der Waals surface area contributed by atoms with Gasteiger partial charge < -0.3 is 0 Å². The molecule has 208 valence electrons. The van der Waals surface area contributed by atoms with Crippen LogP contribution in [0.5, 0.6) is 0 Å². The van der Waals surface area contributed by atoms with Crippen LogP contribution < -0.4 is 0 Å². The first kappa shape index (κ1) is 27.0. The lowest BCUT2D eigenvalue weighted by Gasteiger charge is -2.28. The predicted molar refractivity (Wildman–Crippen MR) is 162 cm³/mol. The van der Waals surface area contributed by atoms with Crippen molar-refractivity contribution in [1.29, 1.82) is 0 Å². The number of carbonyl (C=O) groups excluding carboxylic acids is 1. The van der Waals surface area contributed by atoms with Gasteiger partial charge in [-0.2, -0.15) is 0 Å². The van der Waals surface area contributed by atoms with Crippen LogP contribution in [0.2, 0.25) is 0 Å². The van der Waals surface area contributed by atoms with Gasteiger partial charge in [0, 0.05) is 23.3 Å². The summed E-state index contributed by atoms with van der Waals surface area (Å²) in [7, 11) is 0. The van der Waals surface area contributed by atoms with Crippen molar-refractivity contribution in [2.24, 2.45) is 11.8 Å². The molecule has 2 unspecified atom stereocenters. The van der Waals surface area contributed by atoms with Gasteiger partial charge in [-0.3, -0.25) is 25.0 Å². The molecule has 0 amide bonds. The van der Waals surface area contributed by atoms with Crippen LogP contribution in [0.15, 0.2) is 109 Å². The summed E-state index contributed by atoms with van der Waals surface area (Å²) < 4.78 is 0. The summed E-state index contributed by atoms with van der Waals surface area (Å²) in [4.78, 5) is 36.7. The van der Waals surface area contributed by atoms with Gasteiger partial charge in [-0.25, -0.2) is 0 Å². The number of benzene rings is 4. The molecule has 0 saturated carbocycles. The molecule has 4 aromatic carbocycles. The van der Waals surface area contributed by atoms with E-state index >= 15 is 0 Å². The normalized spacial score (nSPS) is 17.3. The van der Waals surface area contributed by atoms with Crippen molar-refractivity contribution >= 4 is 28.3 Å². The van der Waals surface area contributed by atoms with Gasteiger partial charge in [-0.05, 0) is 84.1 Å². The minimum Gasteiger partial charge on any atom is -0.289 e. The number of ketones is 1. The van der Waals surface area contributed by atoms with Crippen LogP contribution in [-0.2, 0) is 12.8 Å². The third-order valence-electron chi connectivity index (χ3n) is 8.31. The van der Waals surface area contributed by atoms with E-state index in [-0.39, 0.29) is 34.3 Å². The minimum atomic E-state index is -0.494. The van der Waals surface area contributed by atoms with Gasteiger partial charge >= 0.3 is 0 Å². The highest BCUT2D eigenvalue weighted by Crippen LogP contribution is 2.43. The average Bonchev–Trinajstić information content (AvgIpc) is 2.98. The van der Waals surface area contributed by atoms with E-state index in [9.17, 15) is 25.0 Å². The summed E-state index contributed by atoms with van der Waals surface area (Å²) in [5.74, 6) is -0.171. The maximum Gasteiger partial charge on any atom is 0.277 e. The van der Waals surface area contributed by atoms with E-state index in [4.69, 9.17) is 0 Å². The van der Waals surface area contributed by atoms with Crippen molar-refractivity contribution in [2.75, 3.05) is 0 Å². The zero-order valence-corrected chi connectivity index (χ0v) is 22.8. The highest BCUT2D eigenvalue weighted by Gasteiger charge is 2.31. The van der Waals surface area contributed by atoms with Crippen molar-refractivity contribution in [3.63, 3.8) is 0 Å². The number of nitro benzene ring substituents is 2. The van der Waals surface area contributed by atoms with E-state index in [1.165, 1.54) is 12.1 Å². The Morgan fingerprint density at radius 1 is 0.619 bits per heavy atom. The summed E-state index contributed by atoms with van der Waals surface area (Å²) in [5.41, 5.74) is 5.12. The quantitative estimate of drug-likeness (QED) is 0.112. The summed E-state index contributed by atoms with van der Waals surface area (Å²) in [6.07, 6.45) is 7.23. The fourth-order valence-corrected chi connectivity index (χ4v) is 5.95. The van der Waals surface area contributed by atoms with Gasteiger partial charge in [0.1, 0.15) is 0 Å². The molecule has 0 heterocycles. The monoisotopic (exact) mass is 556 g/mol. The van der Waals surface area contributed by atoms with Crippen LogP contribution >= 0.6 is 0 Å². The smallest absolute Gasteiger partial charge is 0.277 e. The zero-order chi connectivity index (χ0) is 29.2. The Morgan fingerprint density at radius 2 is 1.02 bits per heavy atom. The summed E-state index contributed by atoms with van der Waals surface area (Å²) in [5, 5.41) is 24.2. The number of nitrogens with zero attached hydrogens (tertiary/aromatic N) is 2. The van der Waals surface area contributed by atoms with Crippen molar-refractivity contribution in [2.45, 2.75) is 25.7 Å². The highest BCUT2D eigenvalue weighted by molar-refractivity contribution is 6.10. The molecule has 2 atom stereocenters. The maximum absolute atomic E-state index is 13.5. The molecule has 6 rings (SSSR count). The Balaban J connectivity index is 1.25. The van der Waals surface area contributed by atoms with Crippen LogP contribution in [0.25, 0.3) is 11.1 Å². The first-order valence-electron chi connectivity index (χ1n) is 14.0. The number of nitro groups is 2. The Kier molecular flexibility index (Phi) is 7.32. The number of allylic oxidation sites excluding steroid dienone is 4. The Bertz CT molecular complexity index is 1630.